The number of nitrogens with zero attached hydrogens (tertiary/aromatic N) is 1. The van der Waals surface area contributed by atoms with E-state index >= 15 is 0 Å². The first-order chi connectivity index (χ1) is 11.7. The predicted molar refractivity (Wildman–Crippen MR) is 91.4 cm³/mol. The second kappa shape index (κ2) is 6.30. The lowest BCUT2D eigenvalue weighted by Gasteiger charge is -2.58. The number of hydrogen-bond donors (Lipinski definition) is 0. The first kappa shape index (κ1) is 15.8. The van der Waals surface area contributed by atoms with Crippen molar-refractivity contribution in [3.63, 3.8) is 0 Å². The smallest absolute Gasteiger partial charge is 0.311 e. The fourth-order valence-corrected chi connectivity index (χ4v) is 4.65. The Labute approximate surface area is 145 Å². The summed E-state index contributed by atoms with van der Waals surface area (Å²) in [7, 11) is 0. The zero-order valence-corrected chi connectivity index (χ0v) is 14.2. The average Bonchev–Trinajstić information content (AvgIpc) is 3.06. The van der Waals surface area contributed by atoms with Crippen LogP contribution in [0.3, 0.4) is 0 Å². The maximum atomic E-state index is 13.3. The lowest BCUT2D eigenvalue weighted by Crippen LogP contribution is -2.70. The Balaban J connectivity index is 1.59. The fraction of sp³-hybridized carbons (Fsp3) is 0.421. The number of benzene rings is 1. The van der Waals surface area contributed by atoms with Gasteiger partial charge in [-0.2, -0.15) is 11.3 Å². The van der Waals surface area contributed by atoms with Gasteiger partial charge in [0, 0.05) is 6.54 Å². The van der Waals surface area contributed by atoms with Crippen molar-refractivity contribution in [2.24, 2.45) is 0 Å². The van der Waals surface area contributed by atoms with E-state index in [1.807, 2.05) is 16.8 Å². The van der Waals surface area contributed by atoms with Gasteiger partial charge in [0.25, 0.3) is 0 Å². The number of piperidine rings is 1. The summed E-state index contributed by atoms with van der Waals surface area (Å²) in [6, 6.07) is 8.59. The summed E-state index contributed by atoms with van der Waals surface area (Å²) in [6.45, 7) is 1.76. The van der Waals surface area contributed by atoms with Gasteiger partial charge in [0.1, 0.15) is 5.82 Å². The largest absolute Gasteiger partial charge is 0.451 e. The van der Waals surface area contributed by atoms with Gasteiger partial charge in [-0.3, -0.25) is 9.69 Å². The zero-order valence-electron chi connectivity index (χ0n) is 13.4. The molecule has 3 nitrogen and oxygen atoms in total. The highest BCUT2D eigenvalue weighted by molar-refractivity contribution is 7.07. The number of ether oxygens (including phenoxy) is 1. The van der Waals surface area contributed by atoms with Gasteiger partial charge in [-0.25, -0.2) is 4.39 Å². The molecule has 1 aromatic carbocycles. The Bertz CT molecular complexity index is 715. The van der Waals surface area contributed by atoms with Crippen molar-refractivity contribution in [3.8, 4) is 0 Å². The molecule has 0 radical (unpaired) electrons. The molecule has 2 saturated heterocycles. The van der Waals surface area contributed by atoms with Crippen LogP contribution < -0.4 is 0 Å². The number of hydrogen-bond acceptors (Lipinski definition) is 4. The number of carbonyl (C=O) groups is 1. The lowest BCUT2D eigenvalue weighted by atomic mass is 9.73. The van der Waals surface area contributed by atoms with E-state index in [4.69, 9.17) is 4.74 Å². The molecule has 0 N–H and O–H groups in total. The van der Waals surface area contributed by atoms with Gasteiger partial charge >= 0.3 is 5.97 Å². The van der Waals surface area contributed by atoms with Gasteiger partial charge in [0.05, 0.1) is 12.5 Å². The van der Waals surface area contributed by atoms with E-state index < -0.39 is 5.60 Å². The lowest BCUT2D eigenvalue weighted by molar-refractivity contribution is -0.210. The number of rotatable bonds is 4. The molecule has 1 aromatic heterocycles. The monoisotopic (exact) mass is 345 g/mol. The van der Waals surface area contributed by atoms with E-state index in [1.54, 1.807) is 23.5 Å². The molecule has 24 heavy (non-hydrogen) atoms. The van der Waals surface area contributed by atoms with Crippen molar-refractivity contribution in [2.75, 3.05) is 13.1 Å². The van der Waals surface area contributed by atoms with Gasteiger partial charge in [-0.1, -0.05) is 18.6 Å². The summed E-state index contributed by atoms with van der Waals surface area (Å²) in [4.78, 5) is 14.9. The second-order valence-corrected chi connectivity index (χ2v) is 7.44. The summed E-state index contributed by atoms with van der Waals surface area (Å²) < 4.78 is 19.4. The maximum absolute atomic E-state index is 13.3. The minimum absolute atomic E-state index is 0.206. The molecule has 2 atom stereocenters. The number of halogens is 1. The molecule has 0 amide bonds. The van der Waals surface area contributed by atoms with Crippen LogP contribution in [0.1, 0.15) is 30.4 Å². The highest BCUT2D eigenvalue weighted by Gasteiger charge is 2.57. The number of fused-ring (bicyclic) bond motifs is 1. The van der Waals surface area contributed by atoms with Crippen molar-refractivity contribution in [1.29, 1.82) is 0 Å². The predicted octanol–water partition coefficient (Wildman–Crippen LogP) is 3.74. The molecule has 5 heteroatoms. The third-order valence-electron chi connectivity index (χ3n) is 5.15. The zero-order chi connectivity index (χ0) is 16.6. The molecular weight excluding hydrogens is 325 g/mol. The quantitative estimate of drug-likeness (QED) is 0.791. The molecule has 0 aliphatic carbocycles. The van der Waals surface area contributed by atoms with Crippen molar-refractivity contribution in [2.45, 2.75) is 37.3 Å². The third-order valence-corrected chi connectivity index (χ3v) is 5.88. The number of esters is 1. The number of carbonyl (C=O) groups excluding carboxylic acids is 1. The van der Waals surface area contributed by atoms with Gasteiger partial charge < -0.3 is 4.74 Å². The summed E-state index contributed by atoms with van der Waals surface area (Å²) in [6.07, 6.45) is 3.65. The van der Waals surface area contributed by atoms with Gasteiger partial charge in [-0.15, -0.1) is 0 Å². The van der Waals surface area contributed by atoms with Crippen molar-refractivity contribution < 1.29 is 13.9 Å². The molecule has 2 aromatic rings. The third kappa shape index (κ3) is 2.76. The topological polar surface area (TPSA) is 29.5 Å². The van der Waals surface area contributed by atoms with Crippen LogP contribution in [0, 0.1) is 5.82 Å². The molecular formula is C19H20FNO2S. The van der Waals surface area contributed by atoms with Crippen molar-refractivity contribution >= 4 is 17.3 Å². The van der Waals surface area contributed by atoms with Crippen LogP contribution in [0.2, 0.25) is 0 Å². The minimum Gasteiger partial charge on any atom is -0.451 e. The molecule has 126 valence electrons. The summed E-state index contributed by atoms with van der Waals surface area (Å²) in [5.74, 6) is -0.471. The highest BCUT2D eigenvalue weighted by atomic mass is 32.1. The molecule has 3 heterocycles. The van der Waals surface area contributed by atoms with Crippen molar-refractivity contribution in [1.82, 2.24) is 4.90 Å². The Morgan fingerprint density at radius 3 is 2.83 bits per heavy atom. The van der Waals surface area contributed by atoms with Crippen LogP contribution in [-0.2, 0) is 21.6 Å². The summed E-state index contributed by atoms with van der Waals surface area (Å²) in [5.41, 5.74) is 1.27. The Morgan fingerprint density at radius 1 is 1.29 bits per heavy atom. The Hall–Kier alpha value is -1.72. The van der Waals surface area contributed by atoms with E-state index in [-0.39, 0.29) is 17.8 Å². The standard InChI is InChI=1S/C19H20FNO2S/c20-16-6-4-15(5-7-16)19(13-21-9-2-1-3-17(19)21)23-18(22)11-14-8-10-24-12-14/h4-8,10,12,17H,1-3,9,11,13H2/t17-,19+/m1/s1. The molecule has 0 spiro atoms. The van der Waals surface area contributed by atoms with E-state index in [0.717, 1.165) is 30.5 Å². The van der Waals surface area contributed by atoms with Crippen LogP contribution >= 0.6 is 11.3 Å². The maximum Gasteiger partial charge on any atom is 0.311 e. The molecule has 0 unspecified atom stereocenters. The van der Waals surface area contributed by atoms with Crippen LogP contribution in [0.25, 0.3) is 0 Å². The molecule has 0 bridgehead atoms. The fourth-order valence-electron chi connectivity index (χ4n) is 3.98. The van der Waals surface area contributed by atoms with E-state index in [9.17, 15) is 9.18 Å². The van der Waals surface area contributed by atoms with Crippen molar-refractivity contribution in [3.05, 3.63) is 58.0 Å². The molecule has 2 fully saturated rings. The number of thiophene rings is 1. The highest BCUT2D eigenvalue weighted by Crippen LogP contribution is 2.46. The molecule has 4 rings (SSSR count). The molecule has 2 aliphatic heterocycles. The first-order valence-corrected chi connectivity index (χ1v) is 9.35. The van der Waals surface area contributed by atoms with Gasteiger partial charge in [0.15, 0.2) is 5.60 Å². The van der Waals surface area contributed by atoms with E-state index in [1.165, 1.54) is 18.6 Å². The first-order valence-electron chi connectivity index (χ1n) is 8.40. The normalized spacial score (nSPS) is 26.5. The van der Waals surface area contributed by atoms with E-state index in [2.05, 4.69) is 4.90 Å². The van der Waals surface area contributed by atoms with Gasteiger partial charge in [0.2, 0.25) is 0 Å². The van der Waals surface area contributed by atoms with E-state index in [0.29, 0.717) is 13.0 Å². The minimum atomic E-state index is -0.624. The summed E-state index contributed by atoms with van der Waals surface area (Å²) >= 11 is 1.58. The van der Waals surface area contributed by atoms with Gasteiger partial charge in [-0.05, 0) is 59.5 Å². The average molecular weight is 345 g/mol. The molecule has 2 aliphatic rings. The second-order valence-electron chi connectivity index (χ2n) is 6.66. The molecule has 0 saturated carbocycles. The Morgan fingerprint density at radius 2 is 2.12 bits per heavy atom. The van der Waals surface area contributed by atoms with Crippen LogP contribution in [0.15, 0.2) is 41.1 Å². The summed E-state index contributed by atoms with van der Waals surface area (Å²) in [5, 5.41) is 3.93. The van der Waals surface area contributed by atoms with Crippen LogP contribution in [0.5, 0.6) is 0 Å². The Kier molecular flexibility index (Phi) is 4.14. The SMILES string of the molecule is O=C(Cc1ccsc1)O[C@]1(c2ccc(F)cc2)CN2CCCC[C@@H]21. The van der Waals surface area contributed by atoms with Crippen LogP contribution in [0.4, 0.5) is 4.39 Å². The van der Waals surface area contributed by atoms with Crippen LogP contribution in [-0.4, -0.2) is 30.0 Å².